The van der Waals surface area contributed by atoms with Crippen LogP contribution in [0.1, 0.15) is 83.9 Å². The molecule has 2 fully saturated rings. The Balaban J connectivity index is 1.02. The lowest BCUT2D eigenvalue weighted by Gasteiger charge is -2.30. The molecule has 0 bridgehead atoms. The average molecular weight is 769 g/mol. The van der Waals surface area contributed by atoms with E-state index in [0.717, 1.165) is 69.4 Å². The molecule has 290 valence electrons. The Hall–Kier alpha value is -5.35. The number of imidazole rings is 2. The number of likely N-dealkylation sites (tertiary alicyclic amines) is 2. The monoisotopic (exact) mass is 768 g/mol. The number of rotatable bonds is 12. The van der Waals surface area contributed by atoms with E-state index in [1.54, 1.807) is 22.4 Å². The highest BCUT2D eigenvalue weighted by molar-refractivity contribution is 7.20. The number of hydrogen-bond acceptors (Lipinski definition) is 9. The van der Waals surface area contributed by atoms with Crippen LogP contribution in [0.15, 0.2) is 48.9 Å². The Morgan fingerprint density at radius 1 is 0.891 bits per heavy atom. The lowest BCUT2D eigenvalue weighted by atomic mass is 10.0. The molecule has 16 heteroatoms. The molecule has 5 aromatic rings. The fourth-order valence-corrected chi connectivity index (χ4v) is 8.61. The second-order valence-corrected chi connectivity index (χ2v) is 16.1. The van der Waals surface area contributed by atoms with Crippen molar-refractivity contribution >= 4 is 39.9 Å². The van der Waals surface area contributed by atoms with E-state index >= 15 is 0 Å². The normalized spacial score (nSPS) is 18.4. The van der Waals surface area contributed by atoms with Crippen LogP contribution < -0.4 is 10.6 Å². The lowest BCUT2D eigenvalue weighted by Crippen LogP contribution is -2.51. The third-order valence-corrected chi connectivity index (χ3v) is 11.6. The molecule has 0 spiro atoms. The van der Waals surface area contributed by atoms with Crippen LogP contribution in [-0.2, 0) is 19.2 Å². The summed E-state index contributed by atoms with van der Waals surface area (Å²) in [5.74, 6) is -0.506. The van der Waals surface area contributed by atoms with Crippen LogP contribution in [0.5, 0.6) is 0 Å². The van der Waals surface area contributed by atoms with Gasteiger partial charge in [0, 0.05) is 32.4 Å². The Morgan fingerprint density at radius 2 is 1.53 bits per heavy atom. The molecule has 15 nitrogen and oxygen atoms in total. The van der Waals surface area contributed by atoms with Gasteiger partial charge in [-0.3, -0.25) is 28.7 Å². The second-order valence-electron chi connectivity index (χ2n) is 15.1. The van der Waals surface area contributed by atoms with E-state index in [2.05, 4.69) is 49.1 Å². The molecule has 7 rings (SSSR count). The first-order valence-corrected chi connectivity index (χ1v) is 19.7. The number of carbonyl (C=O) groups excluding carboxylic acids is 4. The fraction of sp³-hybridized carbons (Fsp3) is 0.462. The van der Waals surface area contributed by atoms with Crippen molar-refractivity contribution in [3.63, 3.8) is 0 Å². The lowest BCUT2D eigenvalue weighted by molar-refractivity contribution is -0.139. The number of nitrogens with zero attached hydrogens (tertiary/aromatic N) is 6. The minimum absolute atomic E-state index is 0.0349. The predicted octanol–water partition coefficient (Wildman–Crippen LogP) is 4.46. The van der Waals surface area contributed by atoms with Gasteiger partial charge in [0.2, 0.25) is 23.6 Å². The van der Waals surface area contributed by atoms with Gasteiger partial charge in [-0.15, -0.1) is 0 Å². The number of thiazole rings is 1. The zero-order valence-corrected chi connectivity index (χ0v) is 32.5. The largest absolute Gasteiger partial charge is 0.387 e. The minimum atomic E-state index is -0.722. The number of carbonyl (C=O) groups is 4. The molecule has 4 atom stereocenters. The molecule has 1 unspecified atom stereocenters. The summed E-state index contributed by atoms with van der Waals surface area (Å²) in [5.41, 5.74) is 5.17. The van der Waals surface area contributed by atoms with Gasteiger partial charge in [-0.05, 0) is 54.7 Å². The van der Waals surface area contributed by atoms with Gasteiger partial charge in [-0.1, -0.05) is 63.3 Å². The van der Waals surface area contributed by atoms with Crippen molar-refractivity contribution in [1.29, 1.82) is 0 Å². The van der Waals surface area contributed by atoms with Crippen molar-refractivity contribution < 1.29 is 24.3 Å². The topological polar surface area (TPSA) is 194 Å². The standard InChI is InChI=1S/C39H48N10O5S/c1-21(2)34(41-23(5)51)37(53)48-14-6-8-30(48)27-16-26(45-46-27)29-18-47-19-32(55-39(47)43-29)25-12-10-24(11-13-25)28-17-40-36(42-28)31-9-7-15-49(31)38(54)35(22(3)4)44-33(52)20-50/h10-13,16-19,21-22,30-31,34-35,50H,6-9,14-15,20H2,1-5H3,(H,40,42)(H,41,51)(H,44,52)(H,45,46)/t30?,31-,34-,35-/m0/s1. The molecule has 0 aliphatic carbocycles. The maximum Gasteiger partial charge on any atom is 0.246 e. The highest BCUT2D eigenvalue weighted by atomic mass is 32.1. The maximum absolute atomic E-state index is 13.5. The van der Waals surface area contributed by atoms with Gasteiger partial charge in [0.15, 0.2) is 4.96 Å². The van der Waals surface area contributed by atoms with Gasteiger partial charge < -0.3 is 30.5 Å². The first kappa shape index (κ1) is 37.9. The van der Waals surface area contributed by atoms with E-state index in [-0.39, 0.29) is 41.6 Å². The third kappa shape index (κ3) is 7.78. The van der Waals surface area contributed by atoms with Crippen LogP contribution >= 0.6 is 11.3 Å². The van der Waals surface area contributed by atoms with Crippen LogP contribution in [-0.4, -0.2) is 99.9 Å². The van der Waals surface area contributed by atoms with Crippen LogP contribution in [0, 0.1) is 11.8 Å². The summed E-state index contributed by atoms with van der Waals surface area (Å²) in [6.07, 6.45) is 9.08. The van der Waals surface area contributed by atoms with Crippen molar-refractivity contribution in [2.75, 3.05) is 19.7 Å². The number of H-pyrrole nitrogens is 2. The molecule has 1 aromatic carbocycles. The third-order valence-electron chi connectivity index (χ3n) is 10.5. The Bertz CT molecular complexity index is 2150. The Labute approximate surface area is 322 Å². The van der Waals surface area contributed by atoms with Gasteiger partial charge in [-0.2, -0.15) is 5.10 Å². The number of fused-ring (bicyclic) bond motifs is 1. The SMILES string of the molecule is CC(=O)N[C@H](C(=O)N1CCCC1c1cc(-c2cn3cc(-c4ccc(-c5cnc([C@@H]6CCCN6C(=O)[C@@H](NC(=O)CO)C(C)C)[nH]5)cc4)sc3n2)[nH]n1)C(C)C. The van der Waals surface area contributed by atoms with Gasteiger partial charge in [0.05, 0.1) is 40.2 Å². The van der Waals surface area contributed by atoms with Gasteiger partial charge in [-0.25, -0.2) is 9.97 Å². The van der Waals surface area contributed by atoms with Gasteiger partial charge in [0.1, 0.15) is 30.2 Å². The first-order valence-electron chi connectivity index (χ1n) is 18.9. The number of aliphatic hydroxyl groups is 1. The van der Waals surface area contributed by atoms with Crippen molar-refractivity contribution in [2.45, 2.75) is 84.5 Å². The number of aliphatic hydroxyl groups excluding tert-OH is 1. The molecule has 4 aromatic heterocycles. The summed E-state index contributed by atoms with van der Waals surface area (Å²) in [5, 5.41) is 22.4. The van der Waals surface area contributed by atoms with Crippen LogP contribution in [0.2, 0.25) is 0 Å². The zero-order valence-electron chi connectivity index (χ0n) is 31.7. The molecule has 2 aliphatic rings. The quantitative estimate of drug-likeness (QED) is 0.123. The van der Waals surface area contributed by atoms with E-state index in [1.165, 1.54) is 6.92 Å². The van der Waals surface area contributed by atoms with Crippen LogP contribution in [0.25, 0.3) is 38.0 Å². The summed E-state index contributed by atoms with van der Waals surface area (Å²) in [6.45, 7) is 9.59. The molecular formula is C39H48N10O5S. The fourth-order valence-electron chi connectivity index (χ4n) is 7.64. The van der Waals surface area contributed by atoms with Crippen LogP contribution in [0.3, 0.4) is 0 Å². The second kappa shape index (κ2) is 15.8. The number of aromatic amines is 2. The summed E-state index contributed by atoms with van der Waals surface area (Å²) in [7, 11) is 0. The molecule has 55 heavy (non-hydrogen) atoms. The smallest absolute Gasteiger partial charge is 0.246 e. The van der Waals surface area contributed by atoms with E-state index in [1.807, 2.05) is 61.4 Å². The highest BCUT2D eigenvalue weighted by Crippen LogP contribution is 2.36. The van der Waals surface area contributed by atoms with Crippen molar-refractivity contribution in [3.05, 3.63) is 60.4 Å². The maximum atomic E-state index is 13.5. The van der Waals surface area contributed by atoms with Crippen LogP contribution in [0.4, 0.5) is 0 Å². The van der Waals surface area contributed by atoms with E-state index in [9.17, 15) is 24.3 Å². The van der Waals surface area contributed by atoms with Crippen molar-refractivity contribution in [1.82, 2.24) is 50.0 Å². The Morgan fingerprint density at radius 3 is 2.16 bits per heavy atom. The number of benzene rings is 1. The molecule has 0 saturated carbocycles. The molecule has 2 saturated heterocycles. The van der Waals surface area contributed by atoms with Crippen molar-refractivity contribution in [2.24, 2.45) is 11.8 Å². The van der Waals surface area contributed by atoms with E-state index < -0.39 is 24.6 Å². The molecule has 4 amide bonds. The summed E-state index contributed by atoms with van der Waals surface area (Å²) < 4.78 is 2.00. The molecular weight excluding hydrogens is 721 g/mol. The molecule has 5 N–H and O–H groups in total. The number of hydrogen-bond donors (Lipinski definition) is 5. The summed E-state index contributed by atoms with van der Waals surface area (Å²) >= 11 is 1.58. The molecule has 2 aliphatic heterocycles. The van der Waals surface area contributed by atoms with Crippen molar-refractivity contribution in [3.8, 4) is 33.1 Å². The Kier molecular flexibility index (Phi) is 10.9. The minimum Gasteiger partial charge on any atom is -0.387 e. The number of aromatic nitrogens is 6. The number of amides is 4. The average Bonchev–Trinajstić information content (AvgIpc) is 4.00. The summed E-state index contributed by atoms with van der Waals surface area (Å²) in [4.78, 5) is 69.2. The molecule has 6 heterocycles. The predicted molar refractivity (Wildman–Crippen MR) is 207 cm³/mol. The van der Waals surface area contributed by atoms with Gasteiger partial charge in [0.25, 0.3) is 0 Å². The first-order chi connectivity index (χ1) is 26.4. The highest BCUT2D eigenvalue weighted by Gasteiger charge is 2.38. The number of nitrogens with one attached hydrogen (secondary N) is 4. The summed E-state index contributed by atoms with van der Waals surface area (Å²) in [6, 6.07) is 8.49. The molecule has 0 radical (unpaired) electrons. The zero-order chi connectivity index (χ0) is 39.0. The van der Waals surface area contributed by atoms with E-state index in [4.69, 9.17) is 4.98 Å². The van der Waals surface area contributed by atoms with Gasteiger partial charge >= 0.3 is 0 Å². The van der Waals surface area contributed by atoms with E-state index in [0.29, 0.717) is 18.9 Å².